The van der Waals surface area contributed by atoms with E-state index in [-0.39, 0.29) is 35.1 Å². The molecule has 2 aliphatic rings. The summed E-state index contributed by atoms with van der Waals surface area (Å²) >= 11 is 0. The molecule has 0 spiro atoms. The fourth-order valence-corrected chi connectivity index (χ4v) is 5.29. The van der Waals surface area contributed by atoms with Crippen LogP contribution in [0.4, 0.5) is 4.79 Å². The van der Waals surface area contributed by atoms with Crippen LogP contribution >= 0.6 is 0 Å². The molecule has 1 aliphatic heterocycles. The van der Waals surface area contributed by atoms with Gasteiger partial charge in [0, 0.05) is 31.6 Å². The predicted octanol–water partition coefficient (Wildman–Crippen LogP) is 2.11. The number of carbonyl (C=O) groups excluding carboxylic acids is 2. The van der Waals surface area contributed by atoms with Crippen molar-refractivity contribution in [3.8, 4) is 0 Å². The molecule has 2 atom stereocenters. The molecule has 29 heavy (non-hydrogen) atoms. The average molecular weight is 403 g/mol. The first-order valence-electron chi connectivity index (χ1n) is 9.91. The van der Waals surface area contributed by atoms with Crippen LogP contribution in [0.15, 0.2) is 4.99 Å². The first kappa shape index (κ1) is 21.0. The topological polar surface area (TPSA) is 117 Å². The number of hydrogen-bond donors (Lipinski definition) is 2. The Hall–Kier alpha value is -2.67. The molecule has 2 heterocycles. The number of nitrogens with one attached hydrogen (secondary N) is 1. The Balaban J connectivity index is 1.72. The molecule has 0 saturated heterocycles. The number of amides is 2. The highest BCUT2D eigenvalue weighted by Crippen LogP contribution is 2.46. The van der Waals surface area contributed by atoms with Gasteiger partial charge in [-0.1, -0.05) is 20.8 Å². The molecule has 0 radical (unpaired) electrons. The van der Waals surface area contributed by atoms with Crippen molar-refractivity contribution in [3.05, 3.63) is 17.0 Å². The molecular formula is C20H29N5O4. The molecular weight excluding hydrogens is 374 g/mol. The predicted molar refractivity (Wildman–Crippen MR) is 105 cm³/mol. The molecule has 1 aliphatic carbocycles. The van der Waals surface area contributed by atoms with Crippen molar-refractivity contribution in [2.75, 3.05) is 13.1 Å². The highest BCUT2D eigenvalue weighted by Gasteiger charge is 2.42. The highest BCUT2D eigenvalue weighted by molar-refractivity contribution is 5.88. The molecule has 3 rings (SSSR count). The third-order valence-corrected chi connectivity index (χ3v) is 5.98. The number of carboxylic acid groups (broad SMARTS) is 1. The molecule has 9 heteroatoms. The van der Waals surface area contributed by atoms with E-state index in [2.05, 4.69) is 36.2 Å². The van der Waals surface area contributed by atoms with Crippen molar-refractivity contribution in [1.82, 2.24) is 20.0 Å². The van der Waals surface area contributed by atoms with E-state index >= 15 is 0 Å². The molecule has 0 aromatic carbocycles. The number of aromatic carboxylic acids is 1. The lowest BCUT2D eigenvalue weighted by Crippen LogP contribution is -2.52. The lowest BCUT2D eigenvalue weighted by molar-refractivity contribution is 0.0679. The molecule has 0 bridgehead atoms. The van der Waals surface area contributed by atoms with Gasteiger partial charge in [0.1, 0.15) is 0 Å². The Kier molecular flexibility index (Phi) is 5.54. The molecule has 2 N–H and O–H groups in total. The molecule has 2 unspecified atom stereocenters. The van der Waals surface area contributed by atoms with Crippen LogP contribution in [-0.2, 0) is 24.8 Å². The molecule has 158 valence electrons. The summed E-state index contributed by atoms with van der Waals surface area (Å²) in [4.78, 5) is 40.5. The molecule has 1 saturated carbocycles. The van der Waals surface area contributed by atoms with Crippen molar-refractivity contribution in [3.63, 3.8) is 0 Å². The van der Waals surface area contributed by atoms with Crippen LogP contribution in [-0.4, -0.2) is 57.0 Å². The minimum absolute atomic E-state index is 0.0121. The second-order valence-corrected chi connectivity index (χ2v) is 9.49. The largest absolute Gasteiger partial charge is 0.477 e. The maximum atomic E-state index is 13.0. The number of hydrogen-bond acceptors (Lipinski definition) is 5. The van der Waals surface area contributed by atoms with Crippen molar-refractivity contribution in [1.29, 1.82) is 0 Å². The van der Waals surface area contributed by atoms with Gasteiger partial charge in [0.2, 0.25) is 6.08 Å². The smallest absolute Gasteiger partial charge is 0.354 e. The van der Waals surface area contributed by atoms with Crippen LogP contribution in [0, 0.1) is 10.8 Å². The first-order chi connectivity index (χ1) is 13.5. The zero-order valence-electron chi connectivity index (χ0n) is 17.5. The van der Waals surface area contributed by atoms with E-state index in [1.807, 2.05) is 0 Å². The SMILES string of the molecule is Cn1nc2c(c1C(=O)O)CN(C(=O)NC1CC(C)(C)CC(C)(CN=C=O)C1)CC2. The van der Waals surface area contributed by atoms with Crippen LogP contribution in [0.3, 0.4) is 0 Å². The van der Waals surface area contributed by atoms with Crippen LogP contribution in [0.1, 0.15) is 61.8 Å². The van der Waals surface area contributed by atoms with Gasteiger partial charge in [0.25, 0.3) is 0 Å². The van der Waals surface area contributed by atoms with Crippen LogP contribution < -0.4 is 5.32 Å². The molecule has 1 fully saturated rings. The van der Waals surface area contributed by atoms with Gasteiger partial charge in [-0.25, -0.2) is 19.4 Å². The van der Waals surface area contributed by atoms with Crippen LogP contribution in [0.5, 0.6) is 0 Å². The monoisotopic (exact) mass is 403 g/mol. The summed E-state index contributed by atoms with van der Waals surface area (Å²) in [6.45, 7) is 7.55. The average Bonchev–Trinajstić information content (AvgIpc) is 2.93. The number of fused-ring (bicyclic) bond motifs is 1. The second kappa shape index (κ2) is 7.63. The summed E-state index contributed by atoms with van der Waals surface area (Å²) < 4.78 is 1.37. The van der Waals surface area contributed by atoms with Crippen LogP contribution in [0.2, 0.25) is 0 Å². The lowest BCUT2D eigenvalue weighted by Gasteiger charge is -2.46. The second-order valence-electron chi connectivity index (χ2n) is 9.49. The van der Waals surface area contributed by atoms with Gasteiger partial charge in [0.05, 0.1) is 18.8 Å². The number of rotatable bonds is 4. The summed E-state index contributed by atoms with van der Waals surface area (Å²) in [6.07, 6.45) is 4.65. The number of urea groups is 1. The van der Waals surface area contributed by atoms with Crippen molar-refractivity contribution in [2.24, 2.45) is 22.9 Å². The van der Waals surface area contributed by atoms with E-state index in [1.54, 1.807) is 18.0 Å². The van der Waals surface area contributed by atoms with Crippen molar-refractivity contribution < 1.29 is 19.5 Å². The number of aromatic nitrogens is 2. The number of isocyanates is 1. The van der Waals surface area contributed by atoms with E-state index in [1.165, 1.54) is 4.68 Å². The zero-order valence-corrected chi connectivity index (χ0v) is 17.5. The Morgan fingerprint density at radius 2 is 2.07 bits per heavy atom. The summed E-state index contributed by atoms with van der Waals surface area (Å²) in [5, 5.41) is 16.9. The Labute approximate surface area is 170 Å². The van der Waals surface area contributed by atoms with E-state index in [4.69, 9.17) is 0 Å². The standard InChI is InChI=1S/C20H29N5O4/c1-19(2)7-13(8-20(3,10-19)11-21-12-26)22-18(29)25-6-5-15-14(9-25)16(17(27)28)24(4)23-15/h13H,5-11H2,1-4H3,(H,22,29)(H,27,28). The normalized spacial score (nSPS) is 25.7. The Bertz CT molecular complexity index is 870. The summed E-state index contributed by atoms with van der Waals surface area (Å²) in [5.74, 6) is -1.04. The number of aryl methyl sites for hydroxylation is 1. The van der Waals surface area contributed by atoms with E-state index < -0.39 is 5.97 Å². The number of nitrogens with zero attached hydrogens (tertiary/aromatic N) is 4. The van der Waals surface area contributed by atoms with Crippen molar-refractivity contribution in [2.45, 2.75) is 59.0 Å². The molecule has 9 nitrogen and oxygen atoms in total. The maximum Gasteiger partial charge on any atom is 0.354 e. The number of carboxylic acids is 1. The van der Waals surface area contributed by atoms with E-state index in [0.717, 1.165) is 25.0 Å². The number of carbonyl (C=O) groups is 2. The highest BCUT2D eigenvalue weighted by atomic mass is 16.4. The maximum absolute atomic E-state index is 13.0. The minimum Gasteiger partial charge on any atom is -0.477 e. The van der Waals surface area contributed by atoms with Crippen molar-refractivity contribution >= 4 is 18.1 Å². The van der Waals surface area contributed by atoms with Gasteiger partial charge in [-0.05, 0) is 30.1 Å². The quantitative estimate of drug-likeness (QED) is 0.590. The first-order valence-corrected chi connectivity index (χ1v) is 9.91. The minimum atomic E-state index is -1.04. The van der Waals surface area contributed by atoms with Gasteiger partial charge in [-0.2, -0.15) is 5.10 Å². The van der Waals surface area contributed by atoms with Gasteiger partial charge < -0.3 is 15.3 Å². The van der Waals surface area contributed by atoms with Gasteiger partial charge in [0.15, 0.2) is 5.69 Å². The fourth-order valence-electron chi connectivity index (χ4n) is 5.29. The number of aliphatic imine (C=N–C) groups is 1. The molecule has 1 aromatic rings. The van der Waals surface area contributed by atoms with E-state index in [0.29, 0.717) is 25.1 Å². The Morgan fingerprint density at radius 1 is 1.34 bits per heavy atom. The van der Waals surface area contributed by atoms with Gasteiger partial charge in [-0.3, -0.25) is 4.68 Å². The zero-order chi connectivity index (χ0) is 21.4. The van der Waals surface area contributed by atoms with Gasteiger partial charge >= 0.3 is 12.0 Å². The summed E-state index contributed by atoms with van der Waals surface area (Å²) in [6, 6.07) is -0.230. The third kappa shape index (κ3) is 4.50. The fraction of sp³-hybridized carbons (Fsp3) is 0.700. The summed E-state index contributed by atoms with van der Waals surface area (Å²) in [5.41, 5.74) is 1.32. The third-order valence-electron chi connectivity index (χ3n) is 5.98. The molecule has 2 amide bonds. The summed E-state index contributed by atoms with van der Waals surface area (Å²) in [7, 11) is 1.61. The van der Waals surface area contributed by atoms with Crippen LogP contribution in [0.25, 0.3) is 0 Å². The lowest BCUT2D eigenvalue weighted by atomic mass is 9.62. The van der Waals surface area contributed by atoms with Gasteiger partial charge in [-0.15, -0.1) is 0 Å². The Morgan fingerprint density at radius 3 is 2.72 bits per heavy atom. The molecule has 1 aromatic heterocycles. The van der Waals surface area contributed by atoms with E-state index in [9.17, 15) is 19.5 Å².